The van der Waals surface area contributed by atoms with Crippen molar-refractivity contribution in [2.24, 2.45) is 0 Å². The highest BCUT2D eigenvalue weighted by Gasteiger charge is 2.04. The fourth-order valence-electron chi connectivity index (χ4n) is 1.68. The number of aromatic nitrogens is 2. The minimum Gasteiger partial charge on any atom is -0.477 e. The Labute approximate surface area is 107 Å². The molecule has 2 rings (SSSR count). The van der Waals surface area contributed by atoms with Crippen LogP contribution in [0.15, 0.2) is 36.7 Å². The van der Waals surface area contributed by atoms with Crippen molar-refractivity contribution in [3.05, 3.63) is 47.8 Å². The van der Waals surface area contributed by atoms with E-state index in [4.69, 9.17) is 10.5 Å². The number of ether oxygens (including phenoxy) is 1. The lowest BCUT2D eigenvalue weighted by Gasteiger charge is -2.08. The molecule has 0 bridgehead atoms. The molecule has 2 N–H and O–H groups in total. The van der Waals surface area contributed by atoms with Gasteiger partial charge in [0.15, 0.2) is 0 Å². The summed E-state index contributed by atoms with van der Waals surface area (Å²) in [6.45, 7) is 2.49. The fourth-order valence-corrected chi connectivity index (χ4v) is 1.68. The number of nitrogens with two attached hydrogens (primary N) is 1. The van der Waals surface area contributed by atoms with Gasteiger partial charge in [0.1, 0.15) is 12.1 Å². The molecule has 0 saturated carbocycles. The monoisotopic (exact) mass is 243 g/mol. The lowest BCUT2D eigenvalue weighted by atomic mass is 10.1. The molecule has 0 spiro atoms. The molecule has 4 heteroatoms. The highest BCUT2D eigenvalue weighted by Crippen LogP contribution is 2.17. The first-order valence-corrected chi connectivity index (χ1v) is 6.01. The lowest BCUT2D eigenvalue weighted by Crippen LogP contribution is -2.05. The summed E-state index contributed by atoms with van der Waals surface area (Å²) in [4.78, 5) is 7.97. The van der Waals surface area contributed by atoms with E-state index in [-0.39, 0.29) is 0 Å². The zero-order valence-electron chi connectivity index (χ0n) is 10.5. The Hall–Kier alpha value is -2.10. The third kappa shape index (κ3) is 3.20. The molecule has 4 nitrogen and oxygen atoms in total. The summed E-state index contributed by atoms with van der Waals surface area (Å²) in [7, 11) is 0. The lowest BCUT2D eigenvalue weighted by molar-refractivity contribution is 0.297. The Balaban J connectivity index is 1.81. The molecule has 94 valence electrons. The van der Waals surface area contributed by atoms with Crippen LogP contribution in [0.25, 0.3) is 0 Å². The number of anilines is 1. The number of benzene rings is 1. The van der Waals surface area contributed by atoms with Gasteiger partial charge in [0.2, 0.25) is 5.88 Å². The van der Waals surface area contributed by atoms with Gasteiger partial charge < -0.3 is 10.5 Å². The Kier molecular flexibility index (Phi) is 4.12. The van der Waals surface area contributed by atoms with Crippen LogP contribution >= 0.6 is 0 Å². The van der Waals surface area contributed by atoms with Crippen LogP contribution in [-0.2, 0) is 6.42 Å². The van der Waals surface area contributed by atoms with Crippen LogP contribution in [0.3, 0.4) is 0 Å². The summed E-state index contributed by atoms with van der Waals surface area (Å²) in [6, 6.07) is 10.4. The quantitative estimate of drug-likeness (QED) is 0.819. The Morgan fingerprint density at radius 2 is 1.94 bits per heavy atom. The third-order valence-electron chi connectivity index (χ3n) is 2.77. The highest BCUT2D eigenvalue weighted by molar-refractivity contribution is 5.43. The van der Waals surface area contributed by atoms with Crippen molar-refractivity contribution in [3.63, 3.8) is 0 Å². The normalized spacial score (nSPS) is 10.3. The van der Waals surface area contributed by atoms with Gasteiger partial charge in [-0.1, -0.05) is 30.3 Å². The van der Waals surface area contributed by atoms with Crippen molar-refractivity contribution in [2.45, 2.75) is 19.8 Å². The molecule has 1 aromatic heterocycles. The van der Waals surface area contributed by atoms with E-state index in [0.717, 1.165) is 18.4 Å². The average Bonchev–Trinajstić information content (AvgIpc) is 2.40. The first-order valence-electron chi connectivity index (χ1n) is 6.01. The number of rotatable bonds is 5. The average molecular weight is 243 g/mol. The molecule has 0 aliphatic rings. The van der Waals surface area contributed by atoms with E-state index in [1.807, 2.05) is 25.1 Å². The number of aryl methyl sites for hydroxylation is 1. The molecular formula is C14H17N3O. The predicted octanol–water partition coefficient (Wildman–Crippen LogP) is 2.38. The van der Waals surface area contributed by atoms with Crippen LogP contribution in [-0.4, -0.2) is 16.6 Å². The van der Waals surface area contributed by atoms with Gasteiger partial charge in [-0.3, -0.25) is 0 Å². The number of hydrogen-bond acceptors (Lipinski definition) is 4. The van der Waals surface area contributed by atoms with Crippen LogP contribution in [0, 0.1) is 6.92 Å². The zero-order chi connectivity index (χ0) is 12.8. The molecule has 1 aromatic carbocycles. The summed E-state index contributed by atoms with van der Waals surface area (Å²) in [6.07, 6.45) is 3.38. The van der Waals surface area contributed by atoms with E-state index in [2.05, 4.69) is 22.1 Å². The second-order valence-corrected chi connectivity index (χ2v) is 4.13. The first-order chi connectivity index (χ1) is 8.77. The van der Waals surface area contributed by atoms with Crippen LogP contribution < -0.4 is 10.5 Å². The minimum absolute atomic E-state index is 0.475. The van der Waals surface area contributed by atoms with E-state index in [1.165, 1.54) is 11.9 Å². The maximum absolute atomic E-state index is 5.68. The smallest absolute Gasteiger partial charge is 0.221 e. The third-order valence-corrected chi connectivity index (χ3v) is 2.77. The minimum atomic E-state index is 0.475. The molecule has 0 aliphatic carbocycles. The van der Waals surface area contributed by atoms with Gasteiger partial charge in [-0.2, -0.15) is 0 Å². The molecule has 0 atom stereocenters. The topological polar surface area (TPSA) is 61.0 Å². The van der Waals surface area contributed by atoms with E-state index in [9.17, 15) is 0 Å². The standard InChI is InChI=1S/C14H17N3O/c1-11-13(15)16-10-17-14(11)18-9-5-8-12-6-3-2-4-7-12/h2-4,6-7,10H,5,8-9H2,1H3,(H2,15,16,17). The zero-order valence-corrected chi connectivity index (χ0v) is 10.5. The second kappa shape index (κ2) is 6.00. The first kappa shape index (κ1) is 12.4. The maximum atomic E-state index is 5.68. The van der Waals surface area contributed by atoms with Crippen molar-refractivity contribution in [1.29, 1.82) is 0 Å². The number of nitrogen functional groups attached to an aromatic ring is 1. The van der Waals surface area contributed by atoms with E-state index in [1.54, 1.807) is 0 Å². The van der Waals surface area contributed by atoms with Gasteiger partial charge in [-0.15, -0.1) is 0 Å². The molecule has 0 fully saturated rings. The van der Waals surface area contributed by atoms with Crippen molar-refractivity contribution >= 4 is 5.82 Å². The van der Waals surface area contributed by atoms with Crippen LogP contribution in [0.1, 0.15) is 17.5 Å². The Bertz CT molecular complexity index is 500. The summed E-state index contributed by atoms with van der Waals surface area (Å²) >= 11 is 0. The van der Waals surface area contributed by atoms with Gasteiger partial charge >= 0.3 is 0 Å². The highest BCUT2D eigenvalue weighted by atomic mass is 16.5. The molecule has 2 aromatic rings. The van der Waals surface area contributed by atoms with E-state index < -0.39 is 0 Å². The largest absolute Gasteiger partial charge is 0.477 e. The molecule has 0 unspecified atom stereocenters. The summed E-state index contributed by atoms with van der Waals surface area (Å²) < 4.78 is 5.61. The van der Waals surface area contributed by atoms with Gasteiger partial charge in [0.25, 0.3) is 0 Å². The van der Waals surface area contributed by atoms with Crippen molar-refractivity contribution in [2.75, 3.05) is 12.3 Å². The molecule has 1 heterocycles. The molecule has 0 amide bonds. The van der Waals surface area contributed by atoms with Crippen LogP contribution in [0.2, 0.25) is 0 Å². The van der Waals surface area contributed by atoms with Gasteiger partial charge in [-0.05, 0) is 25.3 Å². The Morgan fingerprint density at radius 3 is 2.72 bits per heavy atom. The molecular weight excluding hydrogens is 226 g/mol. The van der Waals surface area contributed by atoms with Gasteiger partial charge in [0, 0.05) is 0 Å². The van der Waals surface area contributed by atoms with Gasteiger partial charge in [0.05, 0.1) is 12.2 Å². The van der Waals surface area contributed by atoms with Gasteiger partial charge in [-0.25, -0.2) is 9.97 Å². The predicted molar refractivity (Wildman–Crippen MR) is 71.4 cm³/mol. The number of hydrogen-bond donors (Lipinski definition) is 1. The Morgan fingerprint density at radius 1 is 1.17 bits per heavy atom. The maximum Gasteiger partial charge on any atom is 0.221 e. The van der Waals surface area contributed by atoms with E-state index in [0.29, 0.717) is 18.3 Å². The second-order valence-electron chi connectivity index (χ2n) is 4.13. The summed E-state index contributed by atoms with van der Waals surface area (Å²) in [5.74, 6) is 1.05. The van der Waals surface area contributed by atoms with Crippen molar-refractivity contribution in [1.82, 2.24) is 9.97 Å². The fraction of sp³-hybridized carbons (Fsp3) is 0.286. The molecule has 0 radical (unpaired) electrons. The molecule has 18 heavy (non-hydrogen) atoms. The SMILES string of the molecule is Cc1c(N)ncnc1OCCCc1ccccc1. The molecule has 0 saturated heterocycles. The summed E-state index contributed by atoms with van der Waals surface area (Å²) in [5.41, 5.74) is 7.81. The van der Waals surface area contributed by atoms with Crippen LogP contribution in [0.4, 0.5) is 5.82 Å². The molecule has 0 aliphatic heterocycles. The number of nitrogens with zero attached hydrogens (tertiary/aromatic N) is 2. The van der Waals surface area contributed by atoms with Crippen molar-refractivity contribution < 1.29 is 4.74 Å². The van der Waals surface area contributed by atoms with E-state index >= 15 is 0 Å². The van der Waals surface area contributed by atoms with Crippen molar-refractivity contribution in [3.8, 4) is 5.88 Å². The van der Waals surface area contributed by atoms with Crippen LogP contribution in [0.5, 0.6) is 5.88 Å². The summed E-state index contributed by atoms with van der Waals surface area (Å²) in [5, 5.41) is 0.